The van der Waals surface area contributed by atoms with E-state index in [1.165, 1.54) is 156 Å². The first-order chi connectivity index (χ1) is 52.0. The Balaban J connectivity index is 2.49. The van der Waals surface area contributed by atoms with Crippen LogP contribution in [-0.2, 0) is 149 Å². The van der Waals surface area contributed by atoms with Crippen LogP contribution in [-0.4, -0.2) is 196 Å². The maximum Gasteiger partial charge on any atom is 0.356 e. The van der Waals surface area contributed by atoms with E-state index in [9.17, 15) is 102 Å². The van der Waals surface area contributed by atoms with E-state index in [0.717, 1.165) is 0 Å². The average Bonchev–Trinajstić information content (AvgIpc) is 0.764. The van der Waals surface area contributed by atoms with Crippen LogP contribution in [0.5, 0.6) is 17.2 Å². The smallest absolute Gasteiger partial charge is 0.356 e. The number of hydrogen-bond donors (Lipinski definition) is 3. The second-order valence-electron chi connectivity index (χ2n) is 23.4. The Morgan fingerprint density at radius 1 is 0.236 bits per heavy atom. The number of carboxylic acid groups (broad SMARTS) is 3. The van der Waals surface area contributed by atoms with Crippen LogP contribution in [0.2, 0.25) is 0 Å². The molecular weight excluding hydrogens is 1460 g/mol. The number of benzene rings is 3. The summed E-state index contributed by atoms with van der Waals surface area (Å²) >= 11 is 0. The molecule has 3 rings (SSSR count). The van der Waals surface area contributed by atoms with Gasteiger partial charge in [-0.3, -0.25) is 57.5 Å². The van der Waals surface area contributed by atoms with Crippen molar-refractivity contribution in [1.29, 1.82) is 0 Å². The van der Waals surface area contributed by atoms with E-state index >= 15 is 0 Å². The summed E-state index contributed by atoms with van der Waals surface area (Å²) in [4.78, 5) is 238. The molecule has 0 saturated carbocycles. The summed E-state index contributed by atoms with van der Waals surface area (Å²) in [5, 5.41) is 31.1. The average molecular weight is 1560 g/mol. The molecule has 3 N–H and O–H groups in total. The van der Waals surface area contributed by atoms with Crippen LogP contribution in [0.25, 0.3) is 0 Å². The van der Waals surface area contributed by atoms with E-state index in [2.05, 4.69) is 0 Å². The number of rotatable bonds is 45. The SMILES string of the molecule is CCC(=O)OC(C(=O)O)C(OC(=O)CC)C(OC(=O)CC)C(OC(=O)CC)C(=O)Oc1ccc(C(C)(c2ccc(OC(=O)C(OC(=O)CC)C(OC(=O)CC)C(OC(=O)CC)C(OC(=O)CC)C(=O)O)cc2)c2ccc(OC(=O)C(OC(=O)CC)C(OC(=O)CC)C(OC(=O)CC)C(OC(=O)CC)C(=O)O)cc2)cc1. The fraction of sp³-hybridized carbons (Fsp3) is 0.514. The number of aliphatic carboxylic acids is 3. The van der Waals surface area contributed by atoms with Gasteiger partial charge in [0.15, 0.2) is 36.6 Å². The van der Waals surface area contributed by atoms with Crippen LogP contribution < -0.4 is 14.2 Å². The van der Waals surface area contributed by atoms with Crippen molar-refractivity contribution in [2.24, 2.45) is 0 Å². The molecule has 0 saturated heterocycles. The lowest BCUT2D eigenvalue weighted by molar-refractivity contribution is -0.208. The number of carboxylic acids is 3. The maximum absolute atomic E-state index is 14.6. The van der Waals surface area contributed by atoms with E-state index in [0.29, 0.717) is 0 Å². The summed E-state index contributed by atoms with van der Waals surface area (Å²) < 4.78 is 81.5. The minimum atomic E-state index is -2.50. The summed E-state index contributed by atoms with van der Waals surface area (Å²) in [5.74, 6) is -25.6. The Morgan fingerprint density at radius 2 is 0.373 bits per heavy atom. The highest BCUT2D eigenvalue weighted by Crippen LogP contribution is 2.41. The summed E-state index contributed by atoms with van der Waals surface area (Å²) in [6, 6.07) is 15.3. The first-order valence-electron chi connectivity index (χ1n) is 35.0. The minimum absolute atomic E-state index is 0.234. The predicted octanol–water partition coefficient (Wildman–Crippen LogP) is 5.87. The summed E-state index contributed by atoms with van der Waals surface area (Å²) in [7, 11) is 0. The first kappa shape index (κ1) is 92.3. The van der Waals surface area contributed by atoms with Crippen molar-refractivity contribution in [3.63, 3.8) is 0 Å². The number of esters is 15. The van der Waals surface area contributed by atoms with Crippen LogP contribution in [0, 0.1) is 0 Å². The molecule has 0 aliphatic rings. The zero-order valence-electron chi connectivity index (χ0n) is 62.7. The zero-order valence-corrected chi connectivity index (χ0v) is 62.7. The topological polar surface area (TPSA) is 506 Å². The highest BCUT2D eigenvalue weighted by atomic mass is 16.7. The Bertz CT molecular complexity index is 3380. The van der Waals surface area contributed by atoms with Gasteiger partial charge in [0, 0.05) is 82.5 Å². The van der Waals surface area contributed by atoms with Gasteiger partial charge in [-0.25, -0.2) is 28.8 Å². The molecule has 0 aromatic heterocycles. The van der Waals surface area contributed by atoms with Crippen molar-refractivity contribution < 1.29 is 173 Å². The second-order valence-corrected chi connectivity index (χ2v) is 23.4. The van der Waals surface area contributed by atoms with Gasteiger partial charge in [-0.1, -0.05) is 119 Å². The fourth-order valence-electron chi connectivity index (χ4n) is 9.68. The quantitative estimate of drug-likeness (QED) is 0.0257. The molecule has 0 aliphatic heterocycles. The van der Waals surface area contributed by atoms with Crippen LogP contribution in [0.15, 0.2) is 72.8 Å². The molecule has 0 bridgehead atoms. The van der Waals surface area contributed by atoms with E-state index in [-0.39, 0.29) is 33.9 Å². The molecule has 0 radical (unpaired) electrons. The van der Waals surface area contributed by atoms with E-state index in [4.69, 9.17) is 71.1 Å². The van der Waals surface area contributed by atoms with Crippen molar-refractivity contribution in [2.75, 3.05) is 0 Å². The van der Waals surface area contributed by atoms with Crippen molar-refractivity contribution in [3.8, 4) is 17.2 Å². The molecule has 602 valence electrons. The van der Waals surface area contributed by atoms with Gasteiger partial charge in [-0.05, 0) is 60.0 Å². The van der Waals surface area contributed by atoms with Crippen LogP contribution in [0.4, 0.5) is 0 Å². The third kappa shape index (κ3) is 26.8. The molecule has 12 unspecified atom stereocenters. The second kappa shape index (κ2) is 45.1. The summed E-state index contributed by atoms with van der Waals surface area (Å²) in [6.45, 7) is 17.1. The molecule has 3 aromatic rings. The first-order valence-corrected chi connectivity index (χ1v) is 35.0. The van der Waals surface area contributed by atoms with Crippen molar-refractivity contribution in [1.82, 2.24) is 0 Å². The Labute approximate surface area is 630 Å². The van der Waals surface area contributed by atoms with Gasteiger partial charge in [0.1, 0.15) is 17.2 Å². The van der Waals surface area contributed by atoms with Crippen molar-refractivity contribution in [2.45, 2.75) is 246 Å². The summed E-state index contributed by atoms with van der Waals surface area (Å²) in [6.07, 6.45) is -34.6. The lowest BCUT2D eigenvalue weighted by Gasteiger charge is -2.34. The van der Waals surface area contributed by atoms with Gasteiger partial charge >= 0.3 is 107 Å². The van der Waals surface area contributed by atoms with Crippen molar-refractivity contribution in [3.05, 3.63) is 89.5 Å². The predicted molar refractivity (Wildman–Crippen MR) is 367 cm³/mol. The highest BCUT2D eigenvalue weighted by Gasteiger charge is 2.54. The Hall–Kier alpha value is -11.9. The largest absolute Gasteiger partial charge is 0.478 e. The van der Waals surface area contributed by atoms with Gasteiger partial charge in [-0.15, -0.1) is 0 Å². The monoisotopic (exact) mass is 1550 g/mol. The molecule has 12 atom stereocenters. The third-order valence-corrected chi connectivity index (χ3v) is 15.8. The van der Waals surface area contributed by atoms with Gasteiger partial charge in [0.05, 0.1) is 0 Å². The number of ether oxygens (including phenoxy) is 15. The number of carbonyl (C=O) groups excluding carboxylic acids is 15. The lowest BCUT2D eigenvalue weighted by atomic mass is 9.71. The number of hydrogen-bond acceptors (Lipinski definition) is 33. The Kier molecular flexibility index (Phi) is 37.8. The normalized spacial score (nSPS) is 14.7. The maximum atomic E-state index is 14.6. The molecule has 3 aromatic carbocycles. The molecule has 0 spiro atoms. The van der Waals surface area contributed by atoms with Gasteiger partial charge in [-0.2, -0.15) is 0 Å². The van der Waals surface area contributed by atoms with Crippen LogP contribution >= 0.6 is 0 Å². The molecule has 0 heterocycles. The molecule has 36 nitrogen and oxygen atoms in total. The van der Waals surface area contributed by atoms with Gasteiger partial charge in [0.2, 0.25) is 36.6 Å². The molecular formula is C74H90O36. The summed E-state index contributed by atoms with van der Waals surface area (Å²) in [5.41, 5.74) is -0.885. The van der Waals surface area contributed by atoms with Crippen LogP contribution in [0.1, 0.15) is 184 Å². The van der Waals surface area contributed by atoms with Gasteiger partial charge in [0.25, 0.3) is 0 Å². The lowest BCUT2D eigenvalue weighted by Crippen LogP contribution is -2.57. The molecule has 36 heteroatoms. The minimum Gasteiger partial charge on any atom is -0.478 e. The number of carbonyl (C=O) groups is 18. The Morgan fingerprint density at radius 3 is 0.518 bits per heavy atom. The van der Waals surface area contributed by atoms with Crippen molar-refractivity contribution >= 4 is 107 Å². The van der Waals surface area contributed by atoms with E-state index in [1.807, 2.05) is 0 Å². The van der Waals surface area contributed by atoms with E-state index < -0.39 is 263 Å². The standard InChI is InChI=1S/C74H90O36/c1-14-44(75)99-56(62(68(87)88)105-50(81)20-7)59(102-47(78)17-4)65(108-53(84)23-10)71(93)96-41-32-26-38(27-33-41)74(13,39-28-34-42(35-29-39)97-72(94)66(109-54(85)24-11)60(103-48(79)18-5)57(100-45(76)15-2)63(69(89)90)106-51(82)21-8)40-30-36-43(37-31-40)98-73(95)67(110-55(86)25-12)61(104-49(80)19-6)58(101-46(77)16-3)64(70(91)92)107-52(83)22-9/h26-37,56-67H,14-25H2,1-13H3,(H,87,88)(H,89,90)(H,91,92). The van der Waals surface area contributed by atoms with Crippen LogP contribution in [0.3, 0.4) is 0 Å². The zero-order chi connectivity index (χ0) is 82.9. The fourth-order valence-corrected chi connectivity index (χ4v) is 9.68. The van der Waals surface area contributed by atoms with E-state index in [1.54, 1.807) is 6.92 Å². The highest BCUT2D eigenvalue weighted by molar-refractivity contribution is 5.88. The third-order valence-electron chi connectivity index (χ3n) is 15.8. The molecule has 0 amide bonds. The van der Waals surface area contributed by atoms with Gasteiger partial charge < -0.3 is 86.4 Å². The molecule has 0 aliphatic carbocycles. The molecule has 110 heavy (non-hydrogen) atoms. The molecule has 0 fully saturated rings.